The van der Waals surface area contributed by atoms with Gasteiger partial charge in [0.1, 0.15) is 0 Å². The molecule has 0 saturated carbocycles. The first-order valence-electron chi connectivity index (χ1n) is 5.60. The molecule has 0 saturated heterocycles. The molecule has 0 radical (unpaired) electrons. The number of allylic oxidation sites excluding steroid dienone is 4. The molecule has 2 N–H and O–H groups in total. The summed E-state index contributed by atoms with van der Waals surface area (Å²) in [6.45, 7) is 13.2. The molecule has 0 spiro atoms. The van der Waals surface area contributed by atoms with Crippen LogP contribution in [0.1, 0.15) is 34.1 Å². The van der Waals surface area contributed by atoms with Gasteiger partial charge in [0.25, 0.3) is 0 Å². The number of hydrogen-bond acceptors (Lipinski definition) is 1. The highest BCUT2D eigenvalue weighted by molar-refractivity contribution is 5.24. The molecule has 1 atom stereocenters. The molecule has 0 bridgehead atoms. The first-order valence-corrected chi connectivity index (χ1v) is 5.60. The topological polar surface area (TPSA) is 26.0 Å². The Bertz CT molecular complexity index is 241. The van der Waals surface area contributed by atoms with Gasteiger partial charge in [-0.15, -0.1) is 0 Å². The fourth-order valence-corrected chi connectivity index (χ4v) is 1.72. The quantitative estimate of drug-likeness (QED) is 0.684. The lowest BCUT2D eigenvalue weighted by Gasteiger charge is -2.26. The Morgan fingerprint density at radius 1 is 1.40 bits per heavy atom. The van der Waals surface area contributed by atoms with Gasteiger partial charge in [-0.1, -0.05) is 51.7 Å². The van der Waals surface area contributed by atoms with Gasteiger partial charge in [0.05, 0.1) is 0 Å². The summed E-state index contributed by atoms with van der Waals surface area (Å²) in [7, 11) is 0. The first kappa shape index (κ1) is 14.2. The molecule has 86 valence electrons. The van der Waals surface area contributed by atoms with E-state index >= 15 is 0 Å². The van der Waals surface area contributed by atoms with Gasteiger partial charge in [-0.05, 0) is 36.8 Å². The summed E-state index contributed by atoms with van der Waals surface area (Å²) in [6, 6.07) is 0. The van der Waals surface area contributed by atoms with Gasteiger partial charge in [-0.25, -0.2) is 0 Å². The van der Waals surface area contributed by atoms with Crippen molar-refractivity contribution in [2.75, 3.05) is 6.54 Å². The van der Waals surface area contributed by atoms with Crippen LogP contribution in [0.4, 0.5) is 0 Å². The van der Waals surface area contributed by atoms with Crippen LogP contribution >= 0.6 is 0 Å². The second-order valence-electron chi connectivity index (χ2n) is 5.08. The third-order valence-electron chi connectivity index (χ3n) is 2.37. The summed E-state index contributed by atoms with van der Waals surface area (Å²) in [4.78, 5) is 0. The van der Waals surface area contributed by atoms with Gasteiger partial charge < -0.3 is 5.73 Å². The molecule has 0 aromatic rings. The van der Waals surface area contributed by atoms with Crippen molar-refractivity contribution in [3.8, 4) is 0 Å². The predicted molar refractivity (Wildman–Crippen MR) is 69.7 cm³/mol. The molecule has 1 nitrogen and oxygen atoms in total. The summed E-state index contributed by atoms with van der Waals surface area (Å²) in [5, 5.41) is 0. The van der Waals surface area contributed by atoms with Crippen LogP contribution in [-0.4, -0.2) is 6.54 Å². The zero-order valence-corrected chi connectivity index (χ0v) is 10.6. The minimum atomic E-state index is 0.320. The van der Waals surface area contributed by atoms with E-state index in [2.05, 4.69) is 46.4 Å². The summed E-state index contributed by atoms with van der Waals surface area (Å²) in [5.41, 5.74) is 7.46. The highest BCUT2D eigenvalue weighted by Crippen LogP contribution is 2.28. The van der Waals surface area contributed by atoms with Gasteiger partial charge in [-0.3, -0.25) is 0 Å². The smallest absolute Gasteiger partial charge is 0.000815 e. The van der Waals surface area contributed by atoms with Gasteiger partial charge in [0.2, 0.25) is 0 Å². The fraction of sp³-hybridized carbons (Fsp3) is 0.571. The molecule has 0 aromatic carbocycles. The number of rotatable bonds is 5. The molecule has 0 amide bonds. The van der Waals surface area contributed by atoms with Gasteiger partial charge in [-0.2, -0.15) is 0 Å². The molecule has 15 heavy (non-hydrogen) atoms. The van der Waals surface area contributed by atoms with E-state index in [-0.39, 0.29) is 0 Å². The zero-order chi connectivity index (χ0) is 11.9. The number of nitrogens with two attached hydrogens (primary N) is 1. The first-order chi connectivity index (χ1) is 6.94. The van der Waals surface area contributed by atoms with Gasteiger partial charge >= 0.3 is 0 Å². The molecule has 0 aliphatic rings. The van der Waals surface area contributed by atoms with Crippen LogP contribution in [0.2, 0.25) is 0 Å². The van der Waals surface area contributed by atoms with Gasteiger partial charge in [0, 0.05) is 0 Å². The molecule has 1 heteroatoms. The van der Waals surface area contributed by atoms with Crippen LogP contribution in [0.25, 0.3) is 0 Å². The second kappa shape index (κ2) is 6.62. The second-order valence-corrected chi connectivity index (χ2v) is 5.08. The lowest BCUT2D eigenvalue weighted by atomic mass is 9.81. The average Bonchev–Trinajstić information content (AvgIpc) is 2.15. The van der Waals surface area contributed by atoms with Crippen molar-refractivity contribution in [3.63, 3.8) is 0 Å². The lowest BCUT2D eigenvalue weighted by molar-refractivity contribution is 0.323. The maximum absolute atomic E-state index is 5.83. The van der Waals surface area contributed by atoms with Crippen LogP contribution in [0.15, 0.2) is 36.5 Å². The van der Waals surface area contributed by atoms with Crippen molar-refractivity contribution >= 4 is 0 Å². The van der Waals surface area contributed by atoms with E-state index in [0.717, 1.165) is 6.42 Å². The van der Waals surface area contributed by atoms with E-state index in [1.54, 1.807) is 6.08 Å². The van der Waals surface area contributed by atoms with Crippen molar-refractivity contribution in [2.24, 2.45) is 17.1 Å². The van der Waals surface area contributed by atoms with Crippen LogP contribution < -0.4 is 5.73 Å². The predicted octanol–water partition coefficient (Wildman–Crippen LogP) is 3.69. The summed E-state index contributed by atoms with van der Waals surface area (Å²) >= 11 is 0. The molecule has 0 aliphatic heterocycles. The highest BCUT2D eigenvalue weighted by atomic mass is 14.6. The van der Waals surface area contributed by atoms with Crippen LogP contribution in [0, 0.1) is 11.3 Å². The van der Waals surface area contributed by atoms with Crippen molar-refractivity contribution in [2.45, 2.75) is 34.1 Å². The molecule has 1 unspecified atom stereocenters. The fourth-order valence-electron chi connectivity index (χ4n) is 1.72. The molecule has 0 aromatic heterocycles. The van der Waals surface area contributed by atoms with Crippen LogP contribution in [0.3, 0.4) is 0 Å². The van der Waals surface area contributed by atoms with E-state index in [0.29, 0.717) is 17.9 Å². The monoisotopic (exact) mass is 207 g/mol. The van der Waals surface area contributed by atoms with Gasteiger partial charge in [0.15, 0.2) is 0 Å². The average molecular weight is 207 g/mol. The molecule has 0 fully saturated rings. The summed E-state index contributed by atoms with van der Waals surface area (Å²) < 4.78 is 0. The van der Waals surface area contributed by atoms with Crippen molar-refractivity contribution in [3.05, 3.63) is 36.5 Å². The number of hydrogen-bond donors (Lipinski definition) is 1. The SMILES string of the molecule is C=C/C=C\C(=C/C)C(CN)CC(C)(C)C. The minimum Gasteiger partial charge on any atom is -0.330 e. The molecule has 0 heterocycles. The Balaban J connectivity index is 4.63. The van der Waals surface area contributed by atoms with E-state index < -0.39 is 0 Å². The van der Waals surface area contributed by atoms with Crippen molar-refractivity contribution in [1.29, 1.82) is 0 Å². The summed E-state index contributed by atoms with van der Waals surface area (Å²) in [6.07, 6.45) is 9.14. The minimum absolute atomic E-state index is 0.320. The Morgan fingerprint density at radius 2 is 2.00 bits per heavy atom. The molecule has 0 aliphatic carbocycles. The van der Waals surface area contributed by atoms with E-state index in [4.69, 9.17) is 5.73 Å². The Morgan fingerprint density at radius 3 is 2.33 bits per heavy atom. The lowest BCUT2D eigenvalue weighted by Crippen LogP contribution is -2.22. The highest BCUT2D eigenvalue weighted by Gasteiger charge is 2.19. The van der Waals surface area contributed by atoms with E-state index in [1.165, 1.54) is 5.57 Å². The van der Waals surface area contributed by atoms with Crippen molar-refractivity contribution in [1.82, 2.24) is 0 Å². The normalized spacial score (nSPS) is 15.7. The Kier molecular flexibility index (Phi) is 6.26. The van der Waals surface area contributed by atoms with Crippen molar-refractivity contribution < 1.29 is 0 Å². The zero-order valence-electron chi connectivity index (χ0n) is 10.6. The Labute approximate surface area is 94.8 Å². The third-order valence-corrected chi connectivity index (χ3v) is 2.37. The third kappa shape index (κ3) is 6.29. The maximum Gasteiger partial charge on any atom is -0.000815 e. The van der Waals surface area contributed by atoms with Crippen LogP contribution in [-0.2, 0) is 0 Å². The Hall–Kier alpha value is -0.820. The molecular formula is C14H25N. The molecule has 0 rings (SSSR count). The van der Waals surface area contributed by atoms with E-state index in [9.17, 15) is 0 Å². The van der Waals surface area contributed by atoms with E-state index in [1.807, 2.05) is 6.08 Å². The standard InChI is InChI=1S/C14H25N/c1-6-8-9-12(7-2)13(11-15)10-14(3,4)5/h6-9,13H,1,10-11,15H2,2-5H3/b9-8-,12-7+. The maximum atomic E-state index is 5.83. The molecular weight excluding hydrogens is 182 g/mol. The van der Waals surface area contributed by atoms with Crippen LogP contribution in [0.5, 0.6) is 0 Å². The summed E-state index contributed by atoms with van der Waals surface area (Å²) in [5.74, 6) is 0.450. The largest absolute Gasteiger partial charge is 0.330 e.